The van der Waals surface area contributed by atoms with Gasteiger partial charge in [0.15, 0.2) is 11.6 Å². The van der Waals surface area contributed by atoms with Crippen molar-refractivity contribution in [3.8, 4) is 0 Å². The van der Waals surface area contributed by atoms with E-state index in [4.69, 9.17) is 0 Å². The molecule has 0 amide bonds. The normalized spacial score (nSPS) is 10.9. The number of hydrogen-bond donors (Lipinski definition) is 1. The van der Waals surface area contributed by atoms with Crippen LogP contribution >= 0.6 is 0 Å². The Labute approximate surface area is 125 Å². The zero-order chi connectivity index (χ0) is 15.2. The summed E-state index contributed by atoms with van der Waals surface area (Å²) in [7, 11) is 1.86. The number of hydrogen-bond acceptors (Lipinski definition) is 3. The average molecular weight is 287 g/mol. The van der Waals surface area contributed by atoms with E-state index < -0.39 is 0 Å². The van der Waals surface area contributed by atoms with Gasteiger partial charge in [-0.25, -0.2) is 9.37 Å². The van der Waals surface area contributed by atoms with Crippen molar-refractivity contribution >= 4 is 5.82 Å². The van der Waals surface area contributed by atoms with Crippen LogP contribution in [-0.4, -0.2) is 18.1 Å². The van der Waals surface area contributed by atoms with Gasteiger partial charge < -0.3 is 10.2 Å². The molecule has 1 N–H and O–H groups in total. The van der Waals surface area contributed by atoms with Crippen LogP contribution in [0.25, 0.3) is 0 Å². The first kappa shape index (κ1) is 15.4. The summed E-state index contributed by atoms with van der Waals surface area (Å²) in [5.41, 5.74) is 1.78. The molecule has 0 unspecified atom stereocenters. The van der Waals surface area contributed by atoms with Gasteiger partial charge in [0.25, 0.3) is 0 Å². The second kappa shape index (κ2) is 7.18. The molecule has 0 bridgehead atoms. The lowest BCUT2D eigenvalue weighted by Gasteiger charge is -2.20. The van der Waals surface area contributed by atoms with Gasteiger partial charge in [-0.1, -0.05) is 44.2 Å². The van der Waals surface area contributed by atoms with Gasteiger partial charge >= 0.3 is 0 Å². The molecule has 0 saturated carbocycles. The van der Waals surface area contributed by atoms with Crippen LogP contribution < -0.4 is 10.2 Å². The summed E-state index contributed by atoms with van der Waals surface area (Å²) in [4.78, 5) is 6.02. The van der Waals surface area contributed by atoms with Crippen molar-refractivity contribution in [2.45, 2.75) is 33.0 Å². The first-order chi connectivity index (χ1) is 10.1. The molecule has 3 nitrogen and oxygen atoms in total. The predicted molar refractivity (Wildman–Crippen MR) is 84.7 cm³/mol. The molecule has 112 valence electrons. The van der Waals surface area contributed by atoms with Crippen LogP contribution in [0, 0.1) is 5.82 Å². The Morgan fingerprint density at radius 3 is 2.57 bits per heavy atom. The summed E-state index contributed by atoms with van der Waals surface area (Å²) in [6, 6.07) is 12.0. The van der Waals surface area contributed by atoms with E-state index in [-0.39, 0.29) is 5.82 Å². The largest absolute Gasteiger partial charge is 0.353 e. The molecule has 1 aromatic heterocycles. The molecular weight excluding hydrogens is 265 g/mol. The number of pyridine rings is 1. The van der Waals surface area contributed by atoms with Crippen LogP contribution in [0.5, 0.6) is 0 Å². The highest BCUT2D eigenvalue weighted by molar-refractivity contribution is 5.43. The van der Waals surface area contributed by atoms with Crippen molar-refractivity contribution in [2.75, 3.05) is 11.9 Å². The zero-order valence-corrected chi connectivity index (χ0v) is 12.8. The highest BCUT2D eigenvalue weighted by Gasteiger charge is 2.13. The van der Waals surface area contributed by atoms with Crippen molar-refractivity contribution < 1.29 is 4.39 Å². The molecule has 1 heterocycles. The zero-order valence-electron chi connectivity index (χ0n) is 12.8. The molecule has 1 aromatic carbocycles. The van der Waals surface area contributed by atoms with Gasteiger partial charge in [-0.05, 0) is 11.6 Å². The SMILES string of the molecule is CC(C)NCc1ccnc(N(C)Cc2ccccc2)c1F. The summed E-state index contributed by atoms with van der Waals surface area (Å²) >= 11 is 0. The van der Waals surface area contributed by atoms with Crippen molar-refractivity contribution in [3.63, 3.8) is 0 Å². The first-order valence-corrected chi connectivity index (χ1v) is 7.19. The summed E-state index contributed by atoms with van der Waals surface area (Å²) in [6.07, 6.45) is 1.66. The quantitative estimate of drug-likeness (QED) is 0.883. The Morgan fingerprint density at radius 2 is 1.90 bits per heavy atom. The molecular formula is C17H22FN3. The fourth-order valence-electron chi connectivity index (χ4n) is 2.12. The number of halogens is 1. The maximum absolute atomic E-state index is 14.5. The minimum absolute atomic E-state index is 0.246. The Hall–Kier alpha value is -1.94. The Morgan fingerprint density at radius 1 is 1.19 bits per heavy atom. The minimum atomic E-state index is -0.246. The fraction of sp³-hybridized carbons (Fsp3) is 0.353. The summed E-state index contributed by atoms with van der Waals surface area (Å²) in [5, 5.41) is 3.23. The fourth-order valence-corrected chi connectivity index (χ4v) is 2.12. The van der Waals surface area contributed by atoms with Crippen molar-refractivity contribution in [2.24, 2.45) is 0 Å². The Balaban J connectivity index is 2.13. The topological polar surface area (TPSA) is 28.2 Å². The van der Waals surface area contributed by atoms with Crippen LogP contribution in [0.3, 0.4) is 0 Å². The number of nitrogens with one attached hydrogen (secondary N) is 1. The molecule has 0 aliphatic rings. The minimum Gasteiger partial charge on any atom is -0.353 e. The second-order valence-electron chi connectivity index (χ2n) is 5.48. The van der Waals surface area contributed by atoms with Crippen LogP contribution in [0.15, 0.2) is 42.6 Å². The van der Waals surface area contributed by atoms with Crippen LogP contribution in [-0.2, 0) is 13.1 Å². The molecule has 0 atom stereocenters. The Bertz CT molecular complexity index is 570. The highest BCUT2D eigenvalue weighted by atomic mass is 19.1. The molecule has 21 heavy (non-hydrogen) atoms. The van der Waals surface area contributed by atoms with Crippen LogP contribution in [0.4, 0.5) is 10.2 Å². The molecule has 0 saturated heterocycles. The van der Waals surface area contributed by atoms with Crippen molar-refractivity contribution in [3.05, 3.63) is 59.5 Å². The van der Waals surface area contributed by atoms with Crippen LogP contribution in [0.1, 0.15) is 25.0 Å². The molecule has 0 radical (unpaired) electrons. The van der Waals surface area contributed by atoms with Gasteiger partial charge in [-0.3, -0.25) is 0 Å². The van der Waals surface area contributed by atoms with Gasteiger partial charge in [0.05, 0.1) is 0 Å². The van der Waals surface area contributed by atoms with Crippen LogP contribution in [0.2, 0.25) is 0 Å². The molecule has 0 aliphatic heterocycles. The Kier molecular flexibility index (Phi) is 5.28. The number of nitrogens with zero attached hydrogens (tertiary/aromatic N) is 2. The monoisotopic (exact) mass is 287 g/mol. The van der Waals surface area contributed by atoms with Gasteiger partial charge in [0.1, 0.15) is 0 Å². The third-order valence-electron chi connectivity index (χ3n) is 3.28. The number of benzene rings is 1. The predicted octanol–water partition coefficient (Wildman–Crippen LogP) is 3.36. The van der Waals surface area contributed by atoms with E-state index in [1.165, 1.54) is 0 Å². The third-order valence-corrected chi connectivity index (χ3v) is 3.28. The van der Waals surface area contributed by atoms with E-state index in [1.54, 1.807) is 12.3 Å². The molecule has 2 aromatic rings. The second-order valence-corrected chi connectivity index (χ2v) is 5.48. The van der Waals surface area contributed by atoms with Gasteiger partial charge in [0, 0.05) is 37.9 Å². The lowest BCUT2D eigenvalue weighted by atomic mass is 10.2. The third kappa shape index (κ3) is 4.26. The highest BCUT2D eigenvalue weighted by Crippen LogP contribution is 2.20. The van der Waals surface area contributed by atoms with E-state index in [0.717, 1.165) is 5.56 Å². The number of anilines is 1. The summed E-state index contributed by atoms with van der Waals surface area (Å²) in [6.45, 7) is 5.23. The molecule has 0 spiro atoms. The summed E-state index contributed by atoms with van der Waals surface area (Å²) < 4.78 is 14.5. The molecule has 0 aliphatic carbocycles. The van der Waals surface area contributed by atoms with E-state index in [1.807, 2.05) is 56.1 Å². The lowest BCUT2D eigenvalue weighted by Crippen LogP contribution is -2.24. The summed E-state index contributed by atoms with van der Waals surface area (Å²) in [5.74, 6) is 0.144. The maximum Gasteiger partial charge on any atom is 0.170 e. The average Bonchev–Trinajstić information content (AvgIpc) is 2.47. The van der Waals surface area contributed by atoms with E-state index >= 15 is 0 Å². The van der Waals surface area contributed by atoms with Crippen molar-refractivity contribution in [1.82, 2.24) is 10.3 Å². The molecule has 0 fully saturated rings. The number of aromatic nitrogens is 1. The van der Waals surface area contributed by atoms with E-state index in [9.17, 15) is 4.39 Å². The first-order valence-electron chi connectivity index (χ1n) is 7.19. The van der Waals surface area contributed by atoms with E-state index in [2.05, 4.69) is 10.3 Å². The smallest absolute Gasteiger partial charge is 0.170 e. The lowest BCUT2D eigenvalue weighted by molar-refractivity contribution is 0.548. The molecule has 2 rings (SSSR count). The van der Waals surface area contributed by atoms with E-state index in [0.29, 0.717) is 30.5 Å². The molecule has 4 heteroatoms. The van der Waals surface area contributed by atoms with Gasteiger partial charge in [-0.15, -0.1) is 0 Å². The van der Waals surface area contributed by atoms with Gasteiger partial charge in [-0.2, -0.15) is 0 Å². The van der Waals surface area contributed by atoms with Gasteiger partial charge in [0.2, 0.25) is 0 Å². The van der Waals surface area contributed by atoms with Crippen molar-refractivity contribution in [1.29, 1.82) is 0 Å². The number of rotatable bonds is 6. The standard InChI is InChI=1S/C17H22FN3/c1-13(2)20-11-15-9-10-19-17(16(15)18)21(3)12-14-7-5-4-6-8-14/h4-10,13,20H,11-12H2,1-3H3. The maximum atomic E-state index is 14.5.